The number of anilines is 1. The summed E-state index contributed by atoms with van der Waals surface area (Å²) >= 11 is 0. The number of rotatable bonds is 5. The molecule has 2 rings (SSSR count). The molecule has 1 aromatic heterocycles. The lowest BCUT2D eigenvalue weighted by molar-refractivity contribution is 0.491. The van der Waals surface area contributed by atoms with Gasteiger partial charge < -0.3 is 10.3 Å². The van der Waals surface area contributed by atoms with Gasteiger partial charge in [-0.15, -0.1) is 0 Å². The minimum absolute atomic E-state index is 0.0812. The van der Waals surface area contributed by atoms with E-state index in [1.807, 2.05) is 6.92 Å². The number of aromatic nitrogens is 2. The second-order valence-corrected chi connectivity index (χ2v) is 4.94. The average Bonchev–Trinajstić information content (AvgIpc) is 2.66. The van der Waals surface area contributed by atoms with Crippen molar-refractivity contribution in [2.45, 2.75) is 45.6 Å². The lowest BCUT2D eigenvalue weighted by Crippen LogP contribution is -2.09. The molecule has 0 saturated carbocycles. The Morgan fingerprint density at radius 2 is 2.05 bits per heavy atom. The van der Waals surface area contributed by atoms with Gasteiger partial charge in [-0.2, -0.15) is 0 Å². The van der Waals surface area contributed by atoms with Crippen LogP contribution in [0.4, 0.5) is 14.7 Å². The van der Waals surface area contributed by atoms with Crippen LogP contribution in [-0.4, -0.2) is 9.55 Å². The van der Waals surface area contributed by atoms with Crippen molar-refractivity contribution in [2.75, 3.05) is 5.73 Å². The number of nitrogen functional groups attached to an aromatic ring is 1. The topological polar surface area (TPSA) is 43.8 Å². The fourth-order valence-electron chi connectivity index (χ4n) is 2.42. The number of imidazole rings is 1. The van der Waals surface area contributed by atoms with Crippen LogP contribution in [0.1, 0.15) is 45.6 Å². The third-order valence-electron chi connectivity index (χ3n) is 3.41. The first-order valence-electron chi connectivity index (χ1n) is 6.67. The molecule has 0 bridgehead atoms. The van der Waals surface area contributed by atoms with Crippen LogP contribution < -0.4 is 5.73 Å². The molecule has 0 aliphatic heterocycles. The van der Waals surface area contributed by atoms with Gasteiger partial charge in [0.2, 0.25) is 5.95 Å². The van der Waals surface area contributed by atoms with Crippen molar-refractivity contribution in [1.29, 1.82) is 0 Å². The Labute approximate surface area is 111 Å². The molecule has 0 amide bonds. The van der Waals surface area contributed by atoms with Crippen LogP contribution in [0.15, 0.2) is 12.1 Å². The van der Waals surface area contributed by atoms with Gasteiger partial charge in [-0.1, -0.05) is 26.2 Å². The zero-order valence-electron chi connectivity index (χ0n) is 11.3. The van der Waals surface area contributed by atoms with Crippen LogP contribution in [0.3, 0.4) is 0 Å². The summed E-state index contributed by atoms with van der Waals surface area (Å²) in [5, 5.41) is 0. The van der Waals surface area contributed by atoms with Gasteiger partial charge in [-0.3, -0.25) is 0 Å². The molecule has 0 aliphatic rings. The molecular formula is C14H19F2N3. The number of nitrogens with two attached hydrogens (primary N) is 1. The van der Waals surface area contributed by atoms with Gasteiger partial charge in [-0.25, -0.2) is 13.8 Å². The molecule has 5 heteroatoms. The lowest BCUT2D eigenvalue weighted by Gasteiger charge is -2.15. The maximum absolute atomic E-state index is 13.6. The summed E-state index contributed by atoms with van der Waals surface area (Å²) in [6.07, 6.45) is 4.26. The molecule has 0 aliphatic carbocycles. The first-order chi connectivity index (χ1) is 9.04. The van der Waals surface area contributed by atoms with Crippen molar-refractivity contribution in [3.63, 3.8) is 0 Å². The highest BCUT2D eigenvalue weighted by Gasteiger charge is 2.17. The molecule has 104 valence electrons. The van der Waals surface area contributed by atoms with Gasteiger partial charge in [0.05, 0.1) is 5.52 Å². The summed E-state index contributed by atoms with van der Waals surface area (Å²) in [7, 11) is 0. The largest absolute Gasteiger partial charge is 0.369 e. The van der Waals surface area contributed by atoms with Crippen LogP contribution in [-0.2, 0) is 0 Å². The minimum Gasteiger partial charge on any atom is -0.369 e. The highest BCUT2D eigenvalue weighted by atomic mass is 19.1. The van der Waals surface area contributed by atoms with Crippen LogP contribution >= 0.6 is 0 Å². The van der Waals surface area contributed by atoms with E-state index in [-0.39, 0.29) is 17.5 Å². The second kappa shape index (κ2) is 5.55. The number of nitrogens with zero attached hydrogens (tertiary/aromatic N) is 2. The Morgan fingerprint density at radius 1 is 1.32 bits per heavy atom. The molecule has 0 radical (unpaired) electrons. The van der Waals surface area contributed by atoms with Gasteiger partial charge in [0.1, 0.15) is 11.3 Å². The van der Waals surface area contributed by atoms with Gasteiger partial charge >= 0.3 is 0 Å². The first kappa shape index (κ1) is 13.8. The molecule has 1 aromatic carbocycles. The van der Waals surface area contributed by atoms with E-state index >= 15 is 0 Å². The zero-order chi connectivity index (χ0) is 14.0. The molecule has 0 saturated heterocycles. The van der Waals surface area contributed by atoms with E-state index in [2.05, 4.69) is 11.9 Å². The van der Waals surface area contributed by atoms with Crippen molar-refractivity contribution in [3.05, 3.63) is 23.8 Å². The standard InChI is InChI=1S/C14H19F2N3/c1-3-4-5-6-9(2)19-12-8-10(15)7-11(16)13(12)18-14(19)17/h7-9H,3-6H2,1-2H3,(H2,17,18). The second-order valence-electron chi connectivity index (χ2n) is 4.94. The van der Waals surface area contributed by atoms with E-state index in [1.54, 1.807) is 4.57 Å². The normalized spacial score (nSPS) is 13.1. The summed E-state index contributed by atoms with van der Waals surface area (Å²) in [5.74, 6) is -1.03. The molecule has 0 fully saturated rings. The third kappa shape index (κ3) is 2.69. The summed E-state index contributed by atoms with van der Waals surface area (Å²) in [6, 6.07) is 2.21. The first-order valence-corrected chi connectivity index (χ1v) is 6.67. The van der Waals surface area contributed by atoms with E-state index < -0.39 is 11.6 Å². The Morgan fingerprint density at radius 3 is 2.74 bits per heavy atom. The third-order valence-corrected chi connectivity index (χ3v) is 3.41. The van der Waals surface area contributed by atoms with Crippen molar-refractivity contribution in [2.24, 2.45) is 0 Å². The molecule has 2 N–H and O–H groups in total. The van der Waals surface area contributed by atoms with E-state index in [4.69, 9.17) is 5.73 Å². The molecule has 2 aromatic rings. The fraction of sp³-hybridized carbons (Fsp3) is 0.500. The molecular weight excluding hydrogens is 248 g/mol. The molecule has 3 nitrogen and oxygen atoms in total. The Hall–Kier alpha value is -1.65. The highest BCUT2D eigenvalue weighted by Crippen LogP contribution is 2.28. The van der Waals surface area contributed by atoms with Crippen molar-refractivity contribution in [3.8, 4) is 0 Å². The monoisotopic (exact) mass is 267 g/mol. The van der Waals surface area contributed by atoms with E-state index in [0.717, 1.165) is 31.7 Å². The highest BCUT2D eigenvalue weighted by molar-refractivity contribution is 5.79. The van der Waals surface area contributed by atoms with Crippen LogP contribution in [0, 0.1) is 11.6 Å². The SMILES string of the molecule is CCCCCC(C)n1c(N)nc2c(F)cc(F)cc21. The molecule has 1 heterocycles. The molecule has 1 atom stereocenters. The number of fused-ring (bicyclic) bond motifs is 1. The fourth-order valence-corrected chi connectivity index (χ4v) is 2.42. The number of hydrogen-bond acceptors (Lipinski definition) is 2. The Bertz CT molecular complexity index is 578. The van der Waals surface area contributed by atoms with Crippen molar-refractivity contribution >= 4 is 17.0 Å². The number of halogens is 2. The van der Waals surface area contributed by atoms with Crippen molar-refractivity contribution in [1.82, 2.24) is 9.55 Å². The maximum atomic E-state index is 13.6. The molecule has 0 spiro atoms. The van der Waals surface area contributed by atoms with Gasteiger partial charge in [-0.05, 0) is 13.3 Å². The number of unbranched alkanes of at least 4 members (excludes halogenated alkanes) is 2. The lowest BCUT2D eigenvalue weighted by atomic mass is 10.1. The predicted molar refractivity (Wildman–Crippen MR) is 72.9 cm³/mol. The van der Waals surface area contributed by atoms with Crippen LogP contribution in [0.2, 0.25) is 0 Å². The Kier molecular flexibility index (Phi) is 4.02. The smallest absolute Gasteiger partial charge is 0.201 e. The molecule has 19 heavy (non-hydrogen) atoms. The van der Waals surface area contributed by atoms with Gasteiger partial charge in [0.25, 0.3) is 0 Å². The summed E-state index contributed by atoms with van der Waals surface area (Å²) in [5.41, 5.74) is 6.41. The van der Waals surface area contributed by atoms with Gasteiger partial charge in [0.15, 0.2) is 5.82 Å². The summed E-state index contributed by atoms with van der Waals surface area (Å²) in [4.78, 5) is 4.00. The minimum atomic E-state index is -0.666. The Balaban J connectivity index is 2.39. The zero-order valence-corrected chi connectivity index (χ0v) is 11.3. The maximum Gasteiger partial charge on any atom is 0.201 e. The molecule has 1 unspecified atom stereocenters. The number of benzene rings is 1. The summed E-state index contributed by atoms with van der Waals surface area (Å²) in [6.45, 7) is 4.13. The van der Waals surface area contributed by atoms with Crippen LogP contribution in [0.5, 0.6) is 0 Å². The average molecular weight is 267 g/mol. The van der Waals surface area contributed by atoms with E-state index in [9.17, 15) is 8.78 Å². The van der Waals surface area contributed by atoms with Crippen molar-refractivity contribution < 1.29 is 8.78 Å². The van der Waals surface area contributed by atoms with Crippen LogP contribution in [0.25, 0.3) is 11.0 Å². The number of hydrogen-bond donors (Lipinski definition) is 1. The van der Waals surface area contributed by atoms with Gasteiger partial charge in [0, 0.05) is 18.2 Å². The summed E-state index contributed by atoms with van der Waals surface area (Å²) < 4.78 is 28.7. The quantitative estimate of drug-likeness (QED) is 0.831. The van der Waals surface area contributed by atoms with E-state index in [0.29, 0.717) is 5.52 Å². The predicted octanol–water partition coefficient (Wildman–Crippen LogP) is 4.04. The van der Waals surface area contributed by atoms with E-state index in [1.165, 1.54) is 6.07 Å².